The third-order valence-electron chi connectivity index (χ3n) is 3.41. The average Bonchev–Trinajstić information content (AvgIpc) is 2.21. The molecule has 2 rings (SSSR count). The molecule has 1 aliphatic heterocycles. The molecule has 1 N–H and O–H groups in total. The van der Waals surface area contributed by atoms with Gasteiger partial charge in [-0.05, 0) is 37.1 Å². The number of hydrogen-bond donors (Lipinski definition) is 1. The zero-order chi connectivity index (χ0) is 12.3. The number of nitrogens with zero attached hydrogens (tertiary/aromatic N) is 1. The Balaban J connectivity index is 2.02. The highest BCUT2D eigenvalue weighted by atomic mass is 79.9. The third-order valence-corrected chi connectivity index (χ3v) is 4.26. The molecule has 0 aromatic heterocycles. The van der Waals surface area contributed by atoms with Crippen molar-refractivity contribution in [2.75, 3.05) is 19.6 Å². The second-order valence-electron chi connectivity index (χ2n) is 4.87. The molecular formula is C14H21BrN2. The van der Waals surface area contributed by atoms with Crippen LogP contribution in [0, 0.1) is 6.92 Å². The van der Waals surface area contributed by atoms with Crippen molar-refractivity contribution in [3.63, 3.8) is 0 Å². The molecule has 0 saturated carbocycles. The molecular weight excluding hydrogens is 276 g/mol. The quantitative estimate of drug-likeness (QED) is 0.899. The Bertz CT molecular complexity index is 374. The minimum atomic E-state index is 0.732. The minimum absolute atomic E-state index is 0.732. The van der Waals surface area contributed by atoms with Crippen LogP contribution in [0.25, 0.3) is 0 Å². The maximum Gasteiger partial charge on any atom is 0.0348 e. The smallest absolute Gasteiger partial charge is 0.0348 e. The fourth-order valence-corrected chi connectivity index (χ4v) is 2.61. The Hall–Kier alpha value is -0.380. The molecule has 0 aliphatic carbocycles. The average molecular weight is 297 g/mol. The Labute approximate surface area is 113 Å². The molecule has 94 valence electrons. The highest BCUT2D eigenvalue weighted by molar-refractivity contribution is 9.10. The van der Waals surface area contributed by atoms with Gasteiger partial charge in [0, 0.05) is 30.1 Å². The number of halogens is 1. The molecule has 1 saturated heterocycles. The van der Waals surface area contributed by atoms with E-state index in [1.165, 1.54) is 28.6 Å². The Morgan fingerprint density at radius 1 is 1.41 bits per heavy atom. The lowest BCUT2D eigenvalue weighted by molar-refractivity contribution is 0.138. The van der Waals surface area contributed by atoms with Crippen LogP contribution in [-0.4, -0.2) is 30.6 Å². The highest BCUT2D eigenvalue weighted by Gasteiger charge is 2.23. The van der Waals surface area contributed by atoms with Gasteiger partial charge in [-0.1, -0.05) is 35.0 Å². The number of benzene rings is 1. The first-order valence-corrected chi connectivity index (χ1v) is 7.19. The van der Waals surface area contributed by atoms with Crippen LogP contribution in [0.2, 0.25) is 0 Å². The summed E-state index contributed by atoms with van der Waals surface area (Å²) < 4.78 is 1.22. The molecule has 3 heteroatoms. The Kier molecular flexibility index (Phi) is 4.60. The van der Waals surface area contributed by atoms with Crippen LogP contribution in [0.4, 0.5) is 0 Å². The van der Waals surface area contributed by atoms with Crippen LogP contribution < -0.4 is 5.32 Å². The summed E-state index contributed by atoms with van der Waals surface area (Å²) in [4.78, 5) is 2.59. The lowest BCUT2D eigenvalue weighted by atomic mass is 10.1. The normalized spacial score (nSPS) is 16.2. The van der Waals surface area contributed by atoms with Crippen LogP contribution in [-0.2, 0) is 6.54 Å². The molecule has 0 amide bonds. The molecule has 1 heterocycles. The van der Waals surface area contributed by atoms with E-state index in [1.807, 2.05) is 0 Å². The summed E-state index contributed by atoms with van der Waals surface area (Å²) in [6.45, 7) is 8.94. The van der Waals surface area contributed by atoms with E-state index in [9.17, 15) is 0 Å². The maximum atomic E-state index is 3.61. The molecule has 2 nitrogen and oxygen atoms in total. The molecule has 1 aromatic rings. The van der Waals surface area contributed by atoms with Crippen LogP contribution in [0.5, 0.6) is 0 Å². The molecule has 1 fully saturated rings. The van der Waals surface area contributed by atoms with Gasteiger partial charge >= 0.3 is 0 Å². The predicted molar refractivity (Wildman–Crippen MR) is 76.2 cm³/mol. The first-order chi connectivity index (χ1) is 8.20. The molecule has 0 spiro atoms. The van der Waals surface area contributed by atoms with Gasteiger partial charge in [0.05, 0.1) is 0 Å². The summed E-state index contributed by atoms with van der Waals surface area (Å²) in [5.74, 6) is 0. The van der Waals surface area contributed by atoms with Gasteiger partial charge in [-0.2, -0.15) is 0 Å². The van der Waals surface area contributed by atoms with Crippen molar-refractivity contribution >= 4 is 15.9 Å². The second-order valence-corrected chi connectivity index (χ2v) is 5.72. The number of hydrogen-bond acceptors (Lipinski definition) is 2. The molecule has 0 radical (unpaired) electrons. The van der Waals surface area contributed by atoms with Crippen LogP contribution in [0.3, 0.4) is 0 Å². The van der Waals surface area contributed by atoms with E-state index in [-0.39, 0.29) is 0 Å². The predicted octanol–water partition coefficient (Wildman–Crippen LogP) is 2.94. The molecule has 17 heavy (non-hydrogen) atoms. The first kappa shape index (κ1) is 13.1. The van der Waals surface area contributed by atoms with E-state index in [1.54, 1.807) is 0 Å². The van der Waals surface area contributed by atoms with Gasteiger partial charge < -0.3 is 5.32 Å². The van der Waals surface area contributed by atoms with Crippen molar-refractivity contribution in [2.24, 2.45) is 0 Å². The van der Waals surface area contributed by atoms with Crippen molar-refractivity contribution < 1.29 is 0 Å². The Morgan fingerprint density at radius 2 is 2.18 bits per heavy atom. The molecule has 1 aromatic carbocycles. The van der Waals surface area contributed by atoms with Gasteiger partial charge in [0.15, 0.2) is 0 Å². The maximum absolute atomic E-state index is 3.61. The van der Waals surface area contributed by atoms with Gasteiger partial charge in [-0.3, -0.25) is 4.90 Å². The number of nitrogens with one attached hydrogen (secondary N) is 1. The molecule has 0 atom stereocenters. The monoisotopic (exact) mass is 296 g/mol. The Morgan fingerprint density at radius 3 is 2.71 bits per heavy atom. The van der Waals surface area contributed by atoms with Gasteiger partial charge in [0.2, 0.25) is 0 Å². The summed E-state index contributed by atoms with van der Waals surface area (Å²) in [6, 6.07) is 7.43. The van der Waals surface area contributed by atoms with E-state index in [0.717, 1.165) is 25.7 Å². The van der Waals surface area contributed by atoms with Crippen molar-refractivity contribution in [2.45, 2.75) is 32.9 Å². The van der Waals surface area contributed by atoms with Gasteiger partial charge in [-0.15, -0.1) is 0 Å². The summed E-state index contributed by atoms with van der Waals surface area (Å²) in [5.41, 5.74) is 2.71. The van der Waals surface area contributed by atoms with E-state index >= 15 is 0 Å². The van der Waals surface area contributed by atoms with Crippen LogP contribution in [0.1, 0.15) is 24.5 Å². The number of rotatable bonds is 5. The first-order valence-electron chi connectivity index (χ1n) is 6.40. The summed E-state index contributed by atoms with van der Waals surface area (Å²) >= 11 is 3.61. The topological polar surface area (TPSA) is 15.3 Å². The second kappa shape index (κ2) is 5.98. The van der Waals surface area contributed by atoms with Gasteiger partial charge in [0.1, 0.15) is 0 Å². The van der Waals surface area contributed by atoms with E-state index in [4.69, 9.17) is 0 Å². The van der Waals surface area contributed by atoms with Gasteiger partial charge in [-0.25, -0.2) is 0 Å². The van der Waals surface area contributed by atoms with Crippen LogP contribution >= 0.6 is 15.9 Å². The number of aryl methyl sites for hydroxylation is 1. The van der Waals surface area contributed by atoms with Crippen molar-refractivity contribution in [1.82, 2.24) is 10.2 Å². The lowest BCUT2D eigenvalue weighted by Crippen LogP contribution is -2.56. The molecule has 0 unspecified atom stereocenters. The highest BCUT2D eigenvalue weighted by Crippen LogP contribution is 2.20. The lowest BCUT2D eigenvalue weighted by Gasteiger charge is -2.38. The largest absolute Gasteiger partial charge is 0.314 e. The van der Waals surface area contributed by atoms with Crippen LogP contribution in [0.15, 0.2) is 22.7 Å². The third kappa shape index (κ3) is 3.30. The van der Waals surface area contributed by atoms with Gasteiger partial charge in [0.25, 0.3) is 0 Å². The summed E-state index contributed by atoms with van der Waals surface area (Å²) in [6.07, 6.45) is 1.23. The van der Waals surface area contributed by atoms with E-state index < -0.39 is 0 Å². The summed E-state index contributed by atoms with van der Waals surface area (Å²) in [5, 5.41) is 3.36. The van der Waals surface area contributed by atoms with Crippen molar-refractivity contribution in [1.29, 1.82) is 0 Å². The fourth-order valence-electron chi connectivity index (χ4n) is 2.18. The van der Waals surface area contributed by atoms with Crippen molar-refractivity contribution in [3.05, 3.63) is 33.8 Å². The SMILES string of the molecule is CCCN(Cc1ccc(C)c(Br)c1)C1CNC1. The summed E-state index contributed by atoms with van der Waals surface area (Å²) in [7, 11) is 0. The molecule has 0 bridgehead atoms. The minimum Gasteiger partial charge on any atom is -0.314 e. The zero-order valence-electron chi connectivity index (χ0n) is 10.7. The van der Waals surface area contributed by atoms with Crippen molar-refractivity contribution in [3.8, 4) is 0 Å². The molecule has 1 aliphatic rings. The zero-order valence-corrected chi connectivity index (χ0v) is 12.3. The standard InChI is InChI=1S/C14H21BrN2/c1-3-6-17(13-8-16-9-13)10-12-5-4-11(2)14(15)7-12/h4-5,7,13,16H,3,6,8-10H2,1-2H3. The van der Waals surface area contributed by atoms with E-state index in [2.05, 4.69) is 58.2 Å². The fraction of sp³-hybridized carbons (Fsp3) is 0.571. The van der Waals surface area contributed by atoms with E-state index in [0.29, 0.717) is 0 Å².